The van der Waals surface area contributed by atoms with Crippen molar-refractivity contribution in [2.45, 2.75) is 43.7 Å². The van der Waals surface area contributed by atoms with Gasteiger partial charge in [-0.1, -0.05) is 91.1 Å². The van der Waals surface area contributed by atoms with Crippen molar-refractivity contribution in [2.75, 3.05) is 12.3 Å². The van der Waals surface area contributed by atoms with Crippen molar-refractivity contribution in [3.05, 3.63) is 100 Å². The highest BCUT2D eigenvalue weighted by molar-refractivity contribution is 8.00. The highest BCUT2D eigenvalue weighted by Crippen LogP contribution is 2.25. The first-order chi connectivity index (χ1) is 17.0. The molecule has 0 aromatic heterocycles. The van der Waals surface area contributed by atoms with Gasteiger partial charge < -0.3 is 10.2 Å². The van der Waals surface area contributed by atoms with E-state index in [0.717, 1.165) is 28.9 Å². The monoisotopic (exact) mass is 528 g/mol. The number of carbonyl (C=O) groups is 2. The zero-order valence-corrected chi connectivity index (χ0v) is 22.1. The van der Waals surface area contributed by atoms with Gasteiger partial charge in [0.15, 0.2) is 0 Å². The molecule has 0 saturated carbocycles. The number of unbranched alkanes of at least 4 members (excludes halogenated alkanes) is 1. The molecule has 3 aromatic carbocycles. The van der Waals surface area contributed by atoms with Crippen molar-refractivity contribution in [3.8, 4) is 0 Å². The first kappa shape index (κ1) is 27.1. The first-order valence-corrected chi connectivity index (χ1v) is 13.4. The lowest BCUT2D eigenvalue weighted by Crippen LogP contribution is -2.51. The Morgan fingerprint density at radius 3 is 2.26 bits per heavy atom. The lowest BCUT2D eigenvalue weighted by molar-refractivity contribution is -0.139. The highest BCUT2D eigenvalue weighted by atomic mass is 35.5. The van der Waals surface area contributed by atoms with Gasteiger partial charge in [0.2, 0.25) is 11.8 Å². The van der Waals surface area contributed by atoms with E-state index in [9.17, 15) is 9.59 Å². The molecule has 2 amide bonds. The standard InChI is InChI=1S/C28H30Cl2N2O2S/c1-2-3-16-31-28(34)26(18-21-10-6-4-7-11-21)32(19-22-14-15-24(29)25(30)17-22)27(33)20-35-23-12-8-5-9-13-23/h4-15,17,26H,2-3,16,18-20H2,1H3,(H,31,34). The summed E-state index contributed by atoms with van der Waals surface area (Å²) < 4.78 is 0. The number of halogens is 2. The average Bonchev–Trinajstić information content (AvgIpc) is 2.88. The van der Waals surface area contributed by atoms with E-state index < -0.39 is 6.04 Å². The maximum absolute atomic E-state index is 13.6. The van der Waals surface area contributed by atoms with E-state index in [4.69, 9.17) is 23.2 Å². The zero-order chi connectivity index (χ0) is 25.0. The molecule has 0 aliphatic carbocycles. The molecule has 3 rings (SSSR count). The fourth-order valence-electron chi connectivity index (χ4n) is 3.64. The molecule has 1 atom stereocenters. The number of benzene rings is 3. The van der Waals surface area contributed by atoms with Gasteiger partial charge in [-0.25, -0.2) is 0 Å². The summed E-state index contributed by atoms with van der Waals surface area (Å²) in [6.07, 6.45) is 2.28. The summed E-state index contributed by atoms with van der Waals surface area (Å²) in [5, 5.41) is 3.90. The largest absolute Gasteiger partial charge is 0.354 e. The third-order valence-electron chi connectivity index (χ3n) is 5.54. The van der Waals surface area contributed by atoms with Gasteiger partial charge in [-0.05, 0) is 41.8 Å². The Bertz CT molecular complexity index is 1100. The van der Waals surface area contributed by atoms with Crippen LogP contribution >= 0.6 is 35.0 Å². The summed E-state index contributed by atoms with van der Waals surface area (Å²) in [7, 11) is 0. The molecule has 1 unspecified atom stereocenters. The number of hydrogen-bond acceptors (Lipinski definition) is 3. The van der Waals surface area contributed by atoms with Gasteiger partial charge in [-0.15, -0.1) is 11.8 Å². The van der Waals surface area contributed by atoms with Crippen LogP contribution in [0.1, 0.15) is 30.9 Å². The van der Waals surface area contributed by atoms with E-state index in [0.29, 0.717) is 23.0 Å². The minimum absolute atomic E-state index is 0.114. The zero-order valence-electron chi connectivity index (χ0n) is 19.8. The molecule has 1 N–H and O–H groups in total. The van der Waals surface area contributed by atoms with Crippen LogP contribution in [-0.4, -0.2) is 35.1 Å². The van der Waals surface area contributed by atoms with Crippen LogP contribution in [0.2, 0.25) is 10.0 Å². The number of nitrogens with zero attached hydrogens (tertiary/aromatic N) is 1. The normalized spacial score (nSPS) is 11.6. The summed E-state index contributed by atoms with van der Waals surface area (Å²) in [5.41, 5.74) is 1.81. The van der Waals surface area contributed by atoms with Crippen molar-refractivity contribution in [1.29, 1.82) is 0 Å². The van der Waals surface area contributed by atoms with E-state index in [1.54, 1.807) is 17.0 Å². The minimum atomic E-state index is -0.660. The molecule has 184 valence electrons. The number of hydrogen-bond donors (Lipinski definition) is 1. The number of carbonyl (C=O) groups excluding carboxylic acids is 2. The molecule has 7 heteroatoms. The molecule has 3 aromatic rings. The van der Waals surface area contributed by atoms with E-state index in [-0.39, 0.29) is 24.1 Å². The quantitative estimate of drug-likeness (QED) is 0.211. The summed E-state index contributed by atoms with van der Waals surface area (Å²) in [4.78, 5) is 29.7. The fourth-order valence-corrected chi connectivity index (χ4v) is 4.77. The molecule has 0 heterocycles. The first-order valence-electron chi connectivity index (χ1n) is 11.7. The summed E-state index contributed by atoms with van der Waals surface area (Å²) in [5.74, 6) is -0.0456. The molecule has 35 heavy (non-hydrogen) atoms. The predicted octanol–water partition coefficient (Wildman–Crippen LogP) is 6.64. The second kappa shape index (κ2) is 14.2. The van der Waals surface area contributed by atoms with Gasteiger partial charge in [0.25, 0.3) is 0 Å². The van der Waals surface area contributed by atoms with Crippen LogP contribution in [0.15, 0.2) is 83.8 Å². The Balaban J connectivity index is 1.90. The SMILES string of the molecule is CCCCNC(=O)C(Cc1ccccc1)N(Cc1ccc(Cl)c(Cl)c1)C(=O)CSc1ccccc1. The van der Waals surface area contributed by atoms with Gasteiger partial charge in [0.1, 0.15) is 6.04 Å². The minimum Gasteiger partial charge on any atom is -0.354 e. The summed E-state index contributed by atoms with van der Waals surface area (Å²) >= 11 is 13.8. The highest BCUT2D eigenvalue weighted by Gasteiger charge is 2.30. The third-order valence-corrected chi connectivity index (χ3v) is 7.28. The molecule has 0 fully saturated rings. The molecular weight excluding hydrogens is 499 g/mol. The topological polar surface area (TPSA) is 49.4 Å². The maximum Gasteiger partial charge on any atom is 0.243 e. The number of nitrogens with one attached hydrogen (secondary N) is 1. The molecular formula is C28H30Cl2N2O2S. The molecule has 4 nitrogen and oxygen atoms in total. The van der Waals surface area contributed by atoms with E-state index in [2.05, 4.69) is 12.2 Å². The van der Waals surface area contributed by atoms with E-state index >= 15 is 0 Å². The second-order valence-corrected chi connectivity index (χ2v) is 10.1. The van der Waals surface area contributed by atoms with Crippen LogP contribution < -0.4 is 5.32 Å². The lowest BCUT2D eigenvalue weighted by atomic mass is 10.0. The van der Waals surface area contributed by atoms with Gasteiger partial charge in [0, 0.05) is 24.4 Å². The Morgan fingerprint density at radius 2 is 1.60 bits per heavy atom. The van der Waals surface area contributed by atoms with Crippen LogP contribution in [0.25, 0.3) is 0 Å². The van der Waals surface area contributed by atoms with Crippen molar-refractivity contribution >= 4 is 46.8 Å². The van der Waals surface area contributed by atoms with E-state index in [1.165, 1.54) is 11.8 Å². The molecule has 0 radical (unpaired) electrons. The molecule has 0 bridgehead atoms. The van der Waals surface area contributed by atoms with Crippen molar-refractivity contribution < 1.29 is 9.59 Å². The van der Waals surface area contributed by atoms with Gasteiger partial charge in [0.05, 0.1) is 15.8 Å². The Labute approximate surface area is 222 Å². The van der Waals surface area contributed by atoms with Crippen LogP contribution in [0.3, 0.4) is 0 Å². The Hall–Kier alpha value is -2.47. The predicted molar refractivity (Wildman–Crippen MR) is 146 cm³/mol. The number of rotatable bonds is 12. The van der Waals surface area contributed by atoms with Crippen LogP contribution in [-0.2, 0) is 22.6 Å². The summed E-state index contributed by atoms with van der Waals surface area (Å²) in [6, 6.07) is 24.2. The Morgan fingerprint density at radius 1 is 0.914 bits per heavy atom. The van der Waals surface area contributed by atoms with E-state index in [1.807, 2.05) is 66.7 Å². The van der Waals surface area contributed by atoms with Crippen LogP contribution in [0, 0.1) is 0 Å². The molecule has 0 aliphatic heterocycles. The van der Waals surface area contributed by atoms with Crippen LogP contribution in [0.4, 0.5) is 0 Å². The smallest absolute Gasteiger partial charge is 0.243 e. The summed E-state index contributed by atoms with van der Waals surface area (Å²) in [6.45, 7) is 2.91. The van der Waals surface area contributed by atoms with Gasteiger partial charge >= 0.3 is 0 Å². The number of thioether (sulfide) groups is 1. The fraction of sp³-hybridized carbons (Fsp3) is 0.286. The molecule has 0 aliphatic rings. The third kappa shape index (κ3) is 8.60. The molecule has 0 saturated heterocycles. The van der Waals surface area contributed by atoms with Crippen LogP contribution in [0.5, 0.6) is 0 Å². The van der Waals surface area contributed by atoms with Crippen molar-refractivity contribution in [2.24, 2.45) is 0 Å². The average molecular weight is 530 g/mol. The van der Waals surface area contributed by atoms with Crippen molar-refractivity contribution in [3.63, 3.8) is 0 Å². The number of amides is 2. The van der Waals surface area contributed by atoms with Gasteiger partial charge in [-0.2, -0.15) is 0 Å². The maximum atomic E-state index is 13.6. The Kier molecular flexibility index (Phi) is 11.0. The van der Waals surface area contributed by atoms with Crippen molar-refractivity contribution in [1.82, 2.24) is 10.2 Å². The molecule has 0 spiro atoms. The lowest BCUT2D eigenvalue weighted by Gasteiger charge is -2.31. The second-order valence-electron chi connectivity index (χ2n) is 8.22. The van der Waals surface area contributed by atoms with Gasteiger partial charge in [-0.3, -0.25) is 9.59 Å².